The number of sulfonamides is 1. The Morgan fingerprint density at radius 1 is 1.22 bits per heavy atom. The van der Waals surface area contributed by atoms with E-state index in [0.29, 0.717) is 42.5 Å². The van der Waals surface area contributed by atoms with Crippen LogP contribution in [0.5, 0.6) is 0 Å². The van der Waals surface area contributed by atoms with Crippen molar-refractivity contribution < 1.29 is 22.3 Å². The molecule has 0 unspecified atom stereocenters. The van der Waals surface area contributed by atoms with Crippen molar-refractivity contribution in [2.24, 2.45) is 5.92 Å². The number of hydrogen-bond acceptors (Lipinski definition) is 9. The Hall–Kier alpha value is -2.68. The zero-order valence-electron chi connectivity index (χ0n) is 20.3. The monoisotopic (exact) mass is 537 g/mol. The number of piperazine rings is 1. The van der Waals surface area contributed by atoms with Crippen molar-refractivity contribution in [2.75, 3.05) is 51.0 Å². The number of carbonyl (C=O) groups is 1. The van der Waals surface area contributed by atoms with Crippen LogP contribution in [0.1, 0.15) is 18.9 Å². The molecule has 1 aromatic carbocycles. The molecule has 14 heteroatoms. The quantitative estimate of drug-likeness (QED) is 0.481. The molecule has 194 valence electrons. The standard InChI is InChI=1S/C22H28FN7O4S2/c1-14(2)20(31)29-6-4-28(5-7-29)18-8-16(36(32,33)27-22(11-23)12-34-13-22)9-19-17(18)10-24-30(19)21-26-25-15(3)35-21/h8-10,14,27H,4-7,11-13H2,1-3H3. The molecule has 0 spiro atoms. The molecular formula is C22H28FN7O4S2. The first-order valence-corrected chi connectivity index (χ1v) is 14.0. The molecule has 0 aliphatic carbocycles. The first-order chi connectivity index (χ1) is 17.1. The fraction of sp³-hybridized carbons (Fsp3) is 0.545. The molecule has 1 amide bonds. The molecule has 2 fully saturated rings. The van der Waals surface area contributed by atoms with Crippen molar-refractivity contribution in [1.29, 1.82) is 0 Å². The number of halogens is 1. The first kappa shape index (κ1) is 25.0. The second-order valence-electron chi connectivity index (χ2n) is 9.51. The van der Waals surface area contributed by atoms with Crippen molar-refractivity contribution >= 4 is 43.9 Å². The number of aromatic nitrogens is 4. The third-order valence-electron chi connectivity index (χ3n) is 6.44. The topological polar surface area (TPSA) is 123 Å². The number of alkyl halides is 1. The largest absolute Gasteiger partial charge is 0.377 e. The van der Waals surface area contributed by atoms with Gasteiger partial charge in [-0.1, -0.05) is 25.2 Å². The van der Waals surface area contributed by atoms with Crippen molar-refractivity contribution in [3.05, 3.63) is 23.3 Å². The lowest BCUT2D eigenvalue weighted by Gasteiger charge is -2.39. The number of fused-ring (bicyclic) bond motifs is 1. The second kappa shape index (κ2) is 9.32. The summed E-state index contributed by atoms with van der Waals surface area (Å²) in [5.74, 6) is 0.00808. The average molecular weight is 538 g/mol. The summed E-state index contributed by atoms with van der Waals surface area (Å²) in [4.78, 5) is 16.3. The van der Waals surface area contributed by atoms with E-state index >= 15 is 0 Å². The second-order valence-corrected chi connectivity index (χ2v) is 12.4. The van der Waals surface area contributed by atoms with Crippen LogP contribution in [0, 0.1) is 12.8 Å². The van der Waals surface area contributed by atoms with Crippen LogP contribution in [-0.2, 0) is 19.6 Å². The predicted octanol–water partition coefficient (Wildman–Crippen LogP) is 1.51. The third kappa shape index (κ3) is 4.46. The molecule has 4 heterocycles. The van der Waals surface area contributed by atoms with Crippen LogP contribution in [0.4, 0.5) is 10.1 Å². The highest BCUT2D eigenvalue weighted by Gasteiger charge is 2.43. The maximum Gasteiger partial charge on any atom is 0.241 e. The smallest absolute Gasteiger partial charge is 0.241 e. The van der Waals surface area contributed by atoms with Crippen molar-refractivity contribution in [1.82, 2.24) is 29.6 Å². The van der Waals surface area contributed by atoms with Gasteiger partial charge in [-0.3, -0.25) is 4.79 Å². The lowest BCUT2D eigenvalue weighted by Crippen LogP contribution is -2.63. The maximum atomic E-state index is 13.7. The summed E-state index contributed by atoms with van der Waals surface area (Å²) in [6.07, 6.45) is 1.68. The first-order valence-electron chi connectivity index (χ1n) is 11.7. The van der Waals surface area contributed by atoms with Crippen LogP contribution < -0.4 is 9.62 Å². The van der Waals surface area contributed by atoms with E-state index in [1.165, 1.54) is 17.4 Å². The summed E-state index contributed by atoms with van der Waals surface area (Å²) in [6, 6.07) is 3.11. The third-order valence-corrected chi connectivity index (χ3v) is 8.81. The van der Waals surface area contributed by atoms with Gasteiger partial charge in [0.1, 0.15) is 17.2 Å². The Balaban J connectivity index is 1.56. The molecule has 0 atom stereocenters. The lowest BCUT2D eigenvalue weighted by molar-refractivity contribution is -0.134. The van der Waals surface area contributed by atoms with Crippen LogP contribution in [0.2, 0.25) is 0 Å². The van der Waals surface area contributed by atoms with Gasteiger partial charge in [-0.15, -0.1) is 10.2 Å². The average Bonchev–Trinajstić information content (AvgIpc) is 3.46. The number of benzene rings is 1. The summed E-state index contributed by atoms with van der Waals surface area (Å²) < 4.78 is 49.6. The van der Waals surface area contributed by atoms with Crippen LogP contribution in [0.3, 0.4) is 0 Å². The number of amides is 1. The van der Waals surface area contributed by atoms with Gasteiger partial charge in [0.25, 0.3) is 0 Å². The van der Waals surface area contributed by atoms with Gasteiger partial charge in [0, 0.05) is 43.2 Å². The van der Waals surface area contributed by atoms with Gasteiger partial charge in [-0.2, -0.15) is 9.82 Å². The number of anilines is 1. The number of aryl methyl sites for hydroxylation is 1. The highest BCUT2D eigenvalue weighted by Crippen LogP contribution is 2.34. The van der Waals surface area contributed by atoms with Crippen molar-refractivity contribution in [3.63, 3.8) is 0 Å². The van der Waals surface area contributed by atoms with E-state index in [2.05, 4.69) is 24.9 Å². The summed E-state index contributed by atoms with van der Waals surface area (Å²) in [7, 11) is -4.09. The fourth-order valence-electron chi connectivity index (χ4n) is 4.41. The minimum Gasteiger partial charge on any atom is -0.377 e. The number of ether oxygens (including phenoxy) is 1. The van der Waals surface area contributed by atoms with E-state index in [4.69, 9.17) is 4.74 Å². The van der Waals surface area contributed by atoms with E-state index in [1.807, 2.05) is 25.7 Å². The Morgan fingerprint density at radius 3 is 2.50 bits per heavy atom. The minimum atomic E-state index is -4.09. The highest BCUT2D eigenvalue weighted by atomic mass is 32.2. The molecule has 2 saturated heterocycles. The number of hydrogen-bond donors (Lipinski definition) is 1. The number of nitrogens with one attached hydrogen (secondary N) is 1. The van der Waals surface area contributed by atoms with Gasteiger partial charge in [-0.05, 0) is 19.1 Å². The fourth-order valence-corrected chi connectivity index (χ4v) is 6.47. The van der Waals surface area contributed by atoms with E-state index < -0.39 is 22.2 Å². The van der Waals surface area contributed by atoms with Gasteiger partial charge in [0.2, 0.25) is 21.1 Å². The molecule has 1 N–H and O–H groups in total. The molecule has 0 radical (unpaired) electrons. The predicted molar refractivity (Wildman–Crippen MR) is 133 cm³/mol. The Morgan fingerprint density at radius 2 is 1.94 bits per heavy atom. The Bertz CT molecular complexity index is 1390. The van der Waals surface area contributed by atoms with E-state index in [0.717, 1.165) is 10.4 Å². The van der Waals surface area contributed by atoms with E-state index in [9.17, 15) is 17.6 Å². The Labute approximate surface area is 212 Å². The summed E-state index contributed by atoms with van der Waals surface area (Å²) in [5, 5.41) is 14.7. The van der Waals surface area contributed by atoms with Gasteiger partial charge in [0.15, 0.2) is 0 Å². The minimum absolute atomic E-state index is 0.00611. The maximum absolute atomic E-state index is 13.7. The molecule has 5 rings (SSSR count). The number of carbonyl (C=O) groups excluding carboxylic acids is 1. The van der Waals surface area contributed by atoms with Gasteiger partial charge >= 0.3 is 0 Å². The van der Waals surface area contributed by atoms with Gasteiger partial charge in [0.05, 0.1) is 29.8 Å². The highest BCUT2D eigenvalue weighted by molar-refractivity contribution is 7.89. The number of nitrogens with zero attached hydrogens (tertiary/aromatic N) is 6. The summed E-state index contributed by atoms with van der Waals surface area (Å²) in [5.41, 5.74) is -0.0343. The summed E-state index contributed by atoms with van der Waals surface area (Å²) in [6.45, 7) is 6.80. The molecule has 3 aromatic rings. The molecule has 11 nitrogen and oxygen atoms in total. The molecule has 0 saturated carbocycles. The summed E-state index contributed by atoms with van der Waals surface area (Å²) >= 11 is 1.34. The molecule has 0 bridgehead atoms. The molecular weight excluding hydrogens is 509 g/mol. The zero-order chi connectivity index (χ0) is 25.7. The SMILES string of the molecule is Cc1nnc(-n2ncc3c(N4CCN(C(=O)C(C)C)CC4)cc(S(=O)(=O)NC4(CF)COC4)cc32)s1. The van der Waals surface area contributed by atoms with Crippen LogP contribution in [-0.4, -0.2) is 90.8 Å². The molecule has 36 heavy (non-hydrogen) atoms. The van der Waals surface area contributed by atoms with Gasteiger partial charge in [-0.25, -0.2) is 17.5 Å². The molecule has 2 aromatic heterocycles. The van der Waals surface area contributed by atoms with Crippen LogP contribution in [0.15, 0.2) is 23.2 Å². The molecule has 2 aliphatic rings. The lowest BCUT2D eigenvalue weighted by atomic mass is 10.0. The zero-order valence-corrected chi connectivity index (χ0v) is 21.9. The number of rotatable bonds is 7. The van der Waals surface area contributed by atoms with Crippen molar-refractivity contribution in [3.8, 4) is 5.13 Å². The van der Waals surface area contributed by atoms with Crippen LogP contribution >= 0.6 is 11.3 Å². The molecule has 2 aliphatic heterocycles. The van der Waals surface area contributed by atoms with E-state index in [1.54, 1.807) is 16.9 Å². The van der Waals surface area contributed by atoms with Crippen molar-refractivity contribution in [2.45, 2.75) is 31.2 Å². The van der Waals surface area contributed by atoms with Gasteiger partial charge < -0.3 is 14.5 Å². The Kier molecular flexibility index (Phi) is 6.47. The van der Waals surface area contributed by atoms with Crippen LogP contribution in [0.25, 0.3) is 16.0 Å². The van der Waals surface area contributed by atoms with E-state index in [-0.39, 0.29) is 29.9 Å². The normalized spacial score (nSPS) is 18.1.